The standard InChI is InChI=1S/C21H17Cl2N5OS/c22-14-2-4-17(23)18(8-14)28-11-30-19-16(20(28)29)10-25-21(27-19)26-15-3-1-12-5-6-24-9-13(12)7-15/h1-4,7-8,10,24H,5-6,9,11H2,(H,25,26,27). The first kappa shape index (κ1) is 19.6. The molecule has 5 rings (SSSR count). The molecule has 0 saturated carbocycles. The molecule has 0 aliphatic carbocycles. The molecule has 1 aromatic heterocycles. The smallest absolute Gasteiger partial charge is 0.263 e. The maximum Gasteiger partial charge on any atom is 0.263 e. The maximum absolute atomic E-state index is 13.0. The Morgan fingerprint density at radius 3 is 2.93 bits per heavy atom. The molecule has 152 valence electrons. The van der Waals surface area contributed by atoms with Crippen LogP contribution in [0.2, 0.25) is 10.0 Å². The van der Waals surface area contributed by atoms with Crippen LogP contribution < -0.4 is 15.5 Å². The largest absolute Gasteiger partial charge is 0.324 e. The van der Waals surface area contributed by atoms with Gasteiger partial charge in [0.25, 0.3) is 5.91 Å². The number of fused-ring (bicyclic) bond motifs is 2. The highest BCUT2D eigenvalue weighted by molar-refractivity contribution is 7.99. The van der Waals surface area contributed by atoms with Gasteiger partial charge in [0.15, 0.2) is 0 Å². The number of hydrogen-bond acceptors (Lipinski definition) is 6. The lowest BCUT2D eigenvalue weighted by molar-refractivity contribution is 0.0985. The highest BCUT2D eigenvalue weighted by Gasteiger charge is 2.29. The third kappa shape index (κ3) is 3.74. The van der Waals surface area contributed by atoms with E-state index in [-0.39, 0.29) is 5.91 Å². The fourth-order valence-corrected chi connectivity index (χ4v) is 4.91. The number of nitrogens with one attached hydrogen (secondary N) is 2. The number of amides is 1. The van der Waals surface area contributed by atoms with Crippen LogP contribution in [0.15, 0.2) is 47.6 Å². The molecule has 3 heterocycles. The zero-order valence-electron chi connectivity index (χ0n) is 15.8. The minimum atomic E-state index is -0.195. The Balaban J connectivity index is 1.39. The molecular weight excluding hydrogens is 441 g/mol. The molecule has 6 nitrogen and oxygen atoms in total. The molecule has 2 N–H and O–H groups in total. The Kier molecular flexibility index (Phi) is 5.28. The van der Waals surface area contributed by atoms with E-state index in [1.165, 1.54) is 22.9 Å². The molecule has 0 fully saturated rings. The zero-order chi connectivity index (χ0) is 20.7. The van der Waals surface area contributed by atoms with Crippen molar-refractivity contribution >= 4 is 58.2 Å². The van der Waals surface area contributed by atoms with Gasteiger partial charge in [0, 0.05) is 23.5 Å². The van der Waals surface area contributed by atoms with E-state index < -0.39 is 0 Å². The fraction of sp³-hybridized carbons (Fsp3) is 0.190. The number of anilines is 3. The Hall–Kier alpha value is -2.32. The van der Waals surface area contributed by atoms with Crippen molar-refractivity contribution in [2.24, 2.45) is 0 Å². The molecule has 0 spiro atoms. The second-order valence-corrected chi connectivity index (χ2v) is 8.83. The van der Waals surface area contributed by atoms with Crippen LogP contribution in [-0.2, 0) is 13.0 Å². The molecule has 0 radical (unpaired) electrons. The van der Waals surface area contributed by atoms with E-state index in [2.05, 4.69) is 32.7 Å². The molecule has 30 heavy (non-hydrogen) atoms. The minimum Gasteiger partial charge on any atom is -0.324 e. The first-order chi connectivity index (χ1) is 14.6. The van der Waals surface area contributed by atoms with Crippen LogP contribution in [0, 0.1) is 0 Å². The molecule has 2 aliphatic heterocycles. The number of thioether (sulfide) groups is 1. The molecule has 2 aromatic carbocycles. The first-order valence-electron chi connectivity index (χ1n) is 9.45. The Bertz CT molecular complexity index is 1160. The second kappa shape index (κ2) is 8.07. The zero-order valence-corrected chi connectivity index (χ0v) is 18.1. The van der Waals surface area contributed by atoms with Gasteiger partial charge in [0.05, 0.1) is 22.2 Å². The fourth-order valence-electron chi connectivity index (χ4n) is 3.57. The average Bonchev–Trinajstić information content (AvgIpc) is 2.76. The number of carbonyl (C=O) groups is 1. The van der Waals surface area contributed by atoms with Gasteiger partial charge in [0.1, 0.15) is 5.03 Å². The van der Waals surface area contributed by atoms with Crippen LogP contribution in [-0.4, -0.2) is 28.3 Å². The molecule has 0 saturated heterocycles. The van der Waals surface area contributed by atoms with E-state index in [1.807, 2.05) is 6.07 Å². The summed E-state index contributed by atoms with van der Waals surface area (Å²) in [6.07, 6.45) is 2.60. The van der Waals surface area contributed by atoms with Crippen LogP contribution in [0.25, 0.3) is 0 Å². The molecule has 3 aromatic rings. The van der Waals surface area contributed by atoms with Crippen LogP contribution in [0.3, 0.4) is 0 Å². The van der Waals surface area contributed by atoms with Crippen molar-refractivity contribution < 1.29 is 4.79 Å². The van der Waals surface area contributed by atoms with Crippen molar-refractivity contribution in [3.8, 4) is 0 Å². The summed E-state index contributed by atoms with van der Waals surface area (Å²) in [6, 6.07) is 11.4. The normalized spacial score (nSPS) is 15.5. The van der Waals surface area contributed by atoms with Crippen molar-refractivity contribution in [2.75, 3.05) is 22.6 Å². The predicted molar refractivity (Wildman–Crippen MR) is 121 cm³/mol. The molecule has 0 unspecified atom stereocenters. The maximum atomic E-state index is 13.0. The summed E-state index contributed by atoms with van der Waals surface area (Å²) < 4.78 is 0. The van der Waals surface area contributed by atoms with Crippen LogP contribution >= 0.6 is 35.0 Å². The lowest BCUT2D eigenvalue weighted by atomic mass is 10.0. The summed E-state index contributed by atoms with van der Waals surface area (Å²) in [7, 11) is 0. The van der Waals surface area contributed by atoms with E-state index in [0.717, 1.165) is 25.2 Å². The third-order valence-electron chi connectivity index (χ3n) is 5.11. The monoisotopic (exact) mass is 457 g/mol. The average molecular weight is 458 g/mol. The Labute approximate surface area is 188 Å². The van der Waals surface area contributed by atoms with Crippen molar-refractivity contribution in [3.05, 3.63) is 69.3 Å². The van der Waals surface area contributed by atoms with Gasteiger partial charge in [-0.25, -0.2) is 9.97 Å². The van der Waals surface area contributed by atoms with Crippen LogP contribution in [0.4, 0.5) is 17.3 Å². The number of nitrogens with zero attached hydrogens (tertiary/aromatic N) is 3. The summed E-state index contributed by atoms with van der Waals surface area (Å²) in [5, 5.41) is 8.27. The number of rotatable bonds is 3. The lowest BCUT2D eigenvalue weighted by Gasteiger charge is -2.28. The SMILES string of the molecule is O=C1c2cnc(Nc3ccc4c(c3)CNCC4)nc2SCN1c1cc(Cl)ccc1Cl. The van der Waals surface area contributed by atoms with Gasteiger partial charge in [-0.2, -0.15) is 0 Å². The number of carbonyl (C=O) groups excluding carboxylic acids is 1. The van der Waals surface area contributed by atoms with E-state index in [9.17, 15) is 4.79 Å². The van der Waals surface area contributed by atoms with Gasteiger partial charge in [-0.3, -0.25) is 9.69 Å². The van der Waals surface area contributed by atoms with Crippen molar-refractivity contribution in [1.82, 2.24) is 15.3 Å². The lowest BCUT2D eigenvalue weighted by Crippen LogP contribution is -2.34. The van der Waals surface area contributed by atoms with Gasteiger partial charge >= 0.3 is 0 Å². The summed E-state index contributed by atoms with van der Waals surface area (Å²) in [5.41, 5.74) is 4.60. The number of halogens is 2. The van der Waals surface area contributed by atoms with Gasteiger partial charge in [0.2, 0.25) is 5.95 Å². The highest BCUT2D eigenvalue weighted by atomic mass is 35.5. The van der Waals surface area contributed by atoms with Gasteiger partial charge in [-0.05, 0) is 54.4 Å². The molecule has 0 bridgehead atoms. The summed E-state index contributed by atoms with van der Waals surface area (Å²) in [6.45, 7) is 1.87. The second-order valence-electron chi connectivity index (χ2n) is 7.05. The van der Waals surface area contributed by atoms with E-state index in [4.69, 9.17) is 23.2 Å². The Morgan fingerprint density at radius 2 is 2.03 bits per heavy atom. The minimum absolute atomic E-state index is 0.195. The van der Waals surface area contributed by atoms with Crippen LogP contribution in [0.5, 0.6) is 0 Å². The third-order valence-corrected chi connectivity index (χ3v) is 6.63. The summed E-state index contributed by atoms with van der Waals surface area (Å²) in [4.78, 5) is 23.5. The number of benzene rings is 2. The number of aromatic nitrogens is 2. The number of hydrogen-bond donors (Lipinski definition) is 2. The van der Waals surface area contributed by atoms with E-state index in [1.54, 1.807) is 29.3 Å². The van der Waals surface area contributed by atoms with Crippen molar-refractivity contribution in [2.45, 2.75) is 18.0 Å². The van der Waals surface area contributed by atoms with E-state index in [0.29, 0.717) is 38.1 Å². The van der Waals surface area contributed by atoms with Gasteiger partial charge < -0.3 is 10.6 Å². The van der Waals surface area contributed by atoms with Crippen molar-refractivity contribution in [1.29, 1.82) is 0 Å². The Morgan fingerprint density at radius 1 is 1.13 bits per heavy atom. The molecule has 0 atom stereocenters. The van der Waals surface area contributed by atoms with Crippen LogP contribution in [0.1, 0.15) is 21.5 Å². The predicted octanol–water partition coefficient (Wildman–Crippen LogP) is 4.88. The highest BCUT2D eigenvalue weighted by Crippen LogP contribution is 2.36. The van der Waals surface area contributed by atoms with Gasteiger partial charge in [-0.15, -0.1) is 0 Å². The quantitative estimate of drug-likeness (QED) is 0.545. The summed E-state index contributed by atoms with van der Waals surface area (Å²) in [5.74, 6) is 0.665. The molecular formula is C21H17Cl2N5OS. The van der Waals surface area contributed by atoms with Crippen molar-refractivity contribution in [3.63, 3.8) is 0 Å². The topological polar surface area (TPSA) is 70.1 Å². The molecule has 1 amide bonds. The molecule has 2 aliphatic rings. The summed E-state index contributed by atoms with van der Waals surface area (Å²) >= 11 is 13.8. The first-order valence-corrected chi connectivity index (χ1v) is 11.2. The van der Waals surface area contributed by atoms with E-state index >= 15 is 0 Å². The molecule has 9 heteroatoms. The van der Waals surface area contributed by atoms with Gasteiger partial charge in [-0.1, -0.05) is 41.0 Å².